The zero-order chi connectivity index (χ0) is 23.8. The van der Waals surface area contributed by atoms with Gasteiger partial charge in [-0.2, -0.15) is 0 Å². The van der Waals surface area contributed by atoms with Gasteiger partial charge in [0.2, 0.25) is 0 Å². The lowest BCUT2D eigenvalue weighted by Gasteiger charge is -2.19. The van der Waals surface area contributed by atoms with Gasteiger partial charge in [0.25, 0.3) is 0 Å². The number of esters is 1. The predicted molar refractivity (Wildman–Crippen MR) is 131 cm³/mol. The first kappa shape index (κ1) is 22.5. The molecule has 0 bridgehead atoms. The molecule has 0 fully saturated rings. The molecule has 33 heavy (non-hydrogen) atoms. The van der Waals surface area contributed by atoms with E-state index in [2.05, 4.69) is 32.9 Å². The van der Waals surface area contributed by atoms with Gasteiger partial charge in [-0.05, 0) is 59.4 Å². The number of phenolic OH excluding ortho intramolecular Hbond substituents is 2. The molecule has 1 heterocycles. The smallest absolute Gasteiger partial charge is 0.355 e. The van der Waals surface area contributed by atoms with Gasteiger partial charge >= 0.3 is 5.97 Å². The van der Waals surface area contributed by atoms with Crippen molar-refractivity contribution in [1.82, 2.24) is 4.57 Å². The van der Waals surface area contributed by atoms with Crippen LogP contribution in [0.4, 0.5) is 0 Å². The van der Waals surface area contributed by atoms with Crippen LogP contribution >= 0.6 is 0 Å². The Morgan fingerprint density at radius 1 is 0.939 bits per heavy atom. The molecule has 0 atom stereocenters. The number of hydrogen-bond acceptors (Lipinski definition) is 4. The monoisotopic (exact) mass is 443 g/mol. The van der Waals surface area contributed by atoms with Gasteiger partial charge in [-0.1, -0.05) is 57.2 Å². The molecule has 0 radical (unpaired) electrons. The number of carbonyl (C=O) groups excluding carboxylic acids is 1. The predicted octanol–water partition coefficient (Wildman–Crippen LogP) is 6.24. The fourth-order valence-electron chi connectivity index (χ4n) is 4.19. The van der Waals surface area contributed by atoms with Crippen molar-refractivity contribution in [3.8, 4) is 22.6 Å². The average molecular weight is 444 g/mol. The molecule has 0 aliphatic heterocycles. The maximum atomic E-state index is 13.2. The van der Waals surface area contributed by atoms with Crippen molar-refractivity contribution in [2.45, 2.75) is 39.7 Å². The second-order valence-electron chi connectivity index (χ2n) is 9.23. The minimum Gasteiger partial charge on any atom is -0.508 e. The summed E-state index contributed by atoms with van der Waals surface area (Å²) in [6, 6.07) is 20.3. The molecule has 170 valence electrons. The fraction of sp³-hybridized carbons (Fsp3) is 0.250. The number of ether oxygens (including phenoxy) is 1. The topological polar surface area (TPSA) is 71.7 Å². The minimum atomic E-state index is -0.428. The summed E-state index contributed by atoms with van der Waals surface area (Å²) in [5, 5.41) is 21.0. The second-order valence-corrected chi connectivity index (χ2v) is 9.23. The number of rotatable bonds is 5. The maximum absolute atomic E-state index is 13.2. The SMILES string of the molecule is CCOC(=O)c1c(-c2ccc(C(C)(C)C)cc2)c2cc(O)ccc2n1Cc1cccc(O)c1. The normalized spacial score (nSPS) is 11.6. The minimum absolute atomic E-state index is 0.00405. The molecule has 0 saturated heterocycles. The fourth-order valence-corrected chi connectivity index (χ4v) is 4.19. The third-order valence-electron chi connectivity index (χ3n) is 5.81. The molecular weight excluding hydrogens is 414 g/mol. The van der Waals surface area contributed by atoms with E-state index in [1.165, 1.54) is 5.56 Å². The standard InChI is InChI=1S/C28H29NO4/c1-5-33-27(32)26-25(19-9-11-20(12-10-19)28(2,3)4)23-16-22(31)13-14-24(23)29(26)17-18-7-6-8-21(30)15-18/h6-16,30-31H,5,17H2,1-4H3. The van der Waals surface area contributed by atoms with Crippen molar-refractivity contribution in [3.63, 3.8) is 0 Å². The number of carbonyl (C=O) groups is 1. The second kappa shape index (κ2) is 8.66. The lowest BCUT2D eigenvalue weighted by atomic mass is 9.86. The average Bonchev–Trinajstić information content (AvgIpc) is 3.06. The molecule has 5 heteroatoms. The Kier molecular flexibility index (Phi) is 5.90. The van der Waals surface area contributed by atoms with Gasteiger partial charge in [0, 0.05) is 23.0 Å². The van der Waals surface area contributed by atoms with Crippen molar-refractivity contribution in [3.05, 3.63) is 83.6 Å². The Bertz CT molecular complexity index is 1310. The van der Waals surface area contributed by atoms with Gasteiger partial charge < -0.3 is 19.5 Å². The van der Waals surface area contributed by atoms with E-state index in [1.807, 2.05) is 28.8 Å². The molecule has 0 aliphatic rings. The Balaban J connectivity index is 1.99. The van der Waals surface area contributed by atoms with E-state index in [4.69, 9.17) is 4.74 Å². The van der Waals surface area contributed by atoms with E-state index in [-0.39, 0.29) is 23.5 Å². The van der Waals surface area contributed by atoms with E-state index >= 15 is 0 Å². The van der Waals surface area contributed by atoms with Crippen LogP contribution < -0.4 is 0 Å². The van der Waals surface area contributed by atoms with Crippen molar-refractivity contribution in [2.24, 2.45) is 0 Å². The van der Waals surface area contributed by atoms with Crippen LogP contribution in [0.1, 0.15) is 49.3 Å². The highest BCUT2D eigenvalue weighted by Gasteiger charge is 2.26. The van der Waals surface area contributed by atoms with E-state index in [1.54, 1.807) is 37.3 Å². The zero-order valence-corrected chi connectivity index (χ0v) is 19.4. The first-order chi connectivity index (χ1) is 15.7. The maximum Gasteiger partial charge on any atom is 0.355 e. The van der Waals surface area contributed by atoms with Crippen LogP contribution in [0.25, 0.3) is 22.0 Å². The third-order valence-corrected chi connectivity index (χ3v) is 5.81. The van der Waals surface area contributed by atoms with Crippen LogP contribution in [0.5, 0.6) is 11.5 Å². The summed E-state index contributed by atoms with van der Waals surface area (Å²) in [5.41, 5.74) is 4.86. The molecule has 1 aromatic heterocycles. The first-order valence-corrected chi connectivity index (χ1v) is 11.1. The summed E-state index contributed by atoms with van der Waals surface area (Å²) in [6.45, 7) is 8.87. The van der Waals surface area contributed by atoms with E-state index in [0.717, 1.165) is 27.6 Å². The molecule has 4 rings (SSSR count). The summed E-state index contributed by atoms with van der Waals surface area (Å²) < 4.78 is 7.36. The Hall–Kier alpha value is -3.73. The molecule has 0 amide bonds. The van der Waals surface area contributed by atoms with Gasteiger partial charge in [-0.25, -0.2) is 4.79 Å². The third kappa shape index (κ3) is 4.44. The Labute approximate surface area is 193 Å². The number of phenols is 2. The summed E-state index contributed by atoms with van der Waals surface area (Å²) in [4.78, 5) is 13.2. The van der Waals surface area contributed by atoms with Crippen molar-refractivity contribution < 1.29 is 19.7 Å². The molecule has 3 aromatic carbocycles. The van der Waals surface area contributed by atoms with Crippen LogP contribution in [0.2, 0.25) is 0 Å². The summed E-state index contributed by atoms with van der Waals surface area (Å²) in [5.74, 6) is -0.138. The lowest BCUT2D eigenvalue weighted by Crippen LogP contribution is -2.14. The number of fused-ring (bicyclic) bond motifs is 1. The van der Waals surface area contributed by atoms with Crippen molar-refractivity contribution >= 4 is 16.9 Å². The van der Waals surface area contributed by atoms with Gasteiger partial charge in [0.05, 0.1) is 6.61 Å². The van der Waals surface area contributed by atoms with Gasteiger partial charge in [-0.15, -0.1) is 0 Å². The van der Waals surface area contributed by atoms with E-state index in [0.29, 0.717) is 12.2 Å². The number of aromatic nitrogens is 1. The first-order valence-electron chi connectivity index (χ1n) is 11.1. The highest BCUT2D eigenvalue weighted by Crippen LogP contribution is 2.38. The molecule has 0 aliphatic carbocycles. The molecule has 0 spiro atoms. The molecule has 5 nitrogen and oxygen atoms in total. The summed E-state index contributed by atoms with van der Waals surface area (Å²) in [6.07, 6.45) is 0. The zero-order valence-electron chi connectivity index (χ0n) is 19.4. The number of nitrogens with zero attached hydrogens (tertiary/aromatic N) is 1. The molecule has 4 aromatic rings. The van der Waals surface area contributed by atoms with Crippen LogP contribution in [-0.4, -0.2) is 27.4 Å². The number of benzene rings is 3. The highest BCUT2D eigenvalue weighted by atomic mass is 16.5. The van der Waals surface area contributed by atoms with E-state index in [9.17, 15) is 15.0 Å². The summed E-state index contributed by atoms with van der Waals surface area (Å²) in [7, 11) is 0. The number of aromatic hydroxyl groups is 2. The van der Waals surface area contributed by atoms with Crippen LogP contribution in [0.15, 0.2) is 66.7 Å². The van der Waals surface area contributed by atoms with Crippen LogP contribution in [-0.2, 0) is 16.7 Å². The van der Waals surface area contributed by atoms with Crippen LogP contribution in [0, 0.1) is 0 Å². The summed E-state index contributed by atoms with van der Waals surface area (Å²) >= 11 is 0. The molecular formula is C28H29NO4. The number of hydrogen-bond donors (Lipinski definition) is 2. The molecule has 0 unspecified atom stereocenters. The van der Waals surface area contributed by atoms with Crippen LogP contribution in [0.3, 0.4) is 0 Å². The van der Waals surface area contributed by atoms with E-state index < -0.39 is 5.97 Å². The molecule has 2 N–H and O–H groups in total. The highest BCUT2D eigenvalue weighted by molar-refractivity contribution is 6.09. The Morgan fingerprint density at radius 2 is 1.64 bits per heavy atom. The van der Waals surface area contributed by atoms with Gasteiger partial charge in [-0.3, -0.25) is 0 Å². The Morgan fingerprint density at radius 3 is 2.27 bits per heavy atom. The molecule has 0 saturated carbocycles. The van der Waals surface area contributed by atoms with Crippen molar-refractivity contribution in [2.75, 3.05) is 6.61 Å². The van der Waals surface area contributed by atoms with Gasteiger partial charge in [0.1, 0.15) is 17.2 Å². The van der Waals surface area contributed by atoms with Crippen molar-refractivity contribution in [1.29, 1.82) is 0 Å². The lowest BCUT2D eigenvalue weighted by molar-refractivity contribution is 0.0516. The quantitative estimate of drug-likeness (QED) is 0.358. The largest absolute Gasteiger partial charge is 0.508 e. The van der Waals surface area contributed by atoms with Gasteiger partial charge in [0.15, 0.2) is 0 Å².